The number of halogens is 3. The third-order valence-electron chi connectivity index (χ3n) is 3.75. The molecule has 2 rings (SSSR count). The van der Waals surface area contributed by atoms with Crippen molar-refractivity contribution in [2.45, 2.75) is 19.8 Å². The second-order valence-corrected chi connectivity index (χ2v) is 6.47. The summed E-state index contributed by atoms with van der Waals surface area (Å²) in [5, 5.41) is 6.80. The predicted molar refractivity (Wildman–Crippen MR) is 100 cm³/mol. The molecular formula is C16H22Cl3N3O2. The Bertz CT molecular complexity index is 578. The van der Waals surface area contributed by atoms with Gasteiger partial charge in [0.2, 0.25) is 11.8 Å². The van der Waals surface area contributed by atoms with Crippen molar-refractivity contribution in [3.63, 3.8) is 0 Å². The molecule has 0 spiro atoms. The van der Waals surface area contributed by atoms with E-state index in [1.54, 1.807) is 23.1 Å². The van der Waals surface area contributed by atoms with Gasteiger partial charge in [-0.3, -0.25) is 9.59 Å². The molecule has 8 heteroatoms. The van der Waals surface area contributed by atoms with E-state index < -0.39 is 0 Å². The van der Waals surface area contributed by atoms with Gasteiger partial charge in [-0.05, 0) is 37.6 Å². The van der Waals surface area contributed by atoms with E-state index in [9.17, 15) is 9.59 Å². The monoisotopic (exact) mass is 393 g/mol. The van der Waals surface area contributed by atoms with Gasteiger partial charge >= 0.3 is 0 Å². The van der Waals surface area contributed by atoms with Crippen molar-refractivity contribution in [3.8, 4) is 0 Å². The van der Waals surface area contributed by atoms with E-state index in [0.29, 0.717) is 28.8 Å². The van der Waals surface area contributed by atoms with Crippen LogP contribution in [0.5, 0.6) is 0 Å². The average molecular weight is 395 g/mol. The van der Waals surface area contributed by atoms with Gasteiger partial charge in [-0.2, -0.15) is 0 Å². The number of benzene rings is 1. The molecule has 2 N–H and O–H groups in total. The van der Waals surface area contributed by atoms with Crippen LogP contribution in [-0.4, -0.2) is 42.9 Å². The van der Waals surface area contributed by atoms with Gasteiger partial charge in [0.15, 0.2) is 0 Å². The zero-order chi connectivity index (χ0) is 16.8. The third kappa shape index (κ3) is 5.81. The Kier molecular flexibility index (Phi) is 8.84. The molecular weight excluding hydrogens is 373 g/mol. The van der Waals surface area contributed by atoms with E-state index >= 15 is 0 Å². The highest BCUT2D eigenvalue weighted by Crippen LogP contribution is 2.25. The summed E-state index contributed by atoms with van der Waals surface area (Å²) in [5.74, 6) is -0.282. The molecule has 5 nitrogen and oxygen atoms in total. The van der Waals surface area contributed by atoms with Crippen LogP contribution in [0.1, 0.15) is 19.8 Å². The average Bonchev–Trinajstić information content (AvgIpc) is 3.04. The highest BCUT2D eigenvalue weighted by Gasteiger charge is 2.27. The largest absolute Gasteiger partial charge is 0.333 e. The molecule has 134 valence electrons. The molecule has 0 aromatic heterocycles. The molecule has 2 amide bonds. The van der Waals surface area contributed by atoms with E-state index in [1.807, 2.05) is 6.92 Å². The highest BCUT2D eigenvalue weighted by atomic mass is 35.5. The van der Waals surface area contributed by atoms with Crippen LogP contribution in [0.15, 0.2) is 18.2 Å². The van der Waals surface area contributed by atoms with Crippen molar-refractivity contribution in [3.05, 3.63) is 28.2 Å². The molecule has 0 aliphatic carbocycles. The minimum Gasteiger partial charge on any atom is -0.333 e. The molecule has 1 unspecified atom stereocenters. The van der Waals surface area contributed by atoms with Gasteiger partial charge in [0, 0.05) is 18.1 Å². The lowest BCUT2D eigenvalue weighted by Crippen LogP contribution is -2.42. The fourth-order valence-electron chi connectivity index (χ4n) is 2.62. The number of hydrogen-bond acceptors (Lipinski definition) is 3. The number of nitrogens with zero attached hydrogens (tertiary/aromatic N) is 1. The van der Waals surface area contributed by atoms with Gasteiger partial charge < -0.3 is 15.5 Å². The van der Waals surface area contributed by atoms with Crippen molar-refractivity contribution in [1.82, 2.24) is 10.2 Å². The van der Waals surface area contributed by atoms with Crippen LogP contribution in [0.25, 0.3) is 0 Å². The first kappa shape index (κ1) is 21.0. The maximum absolute atomic E-state index is 12.5. The van der Waals surface area contributed by atoms with Crippen LogP contribution in [0.3, 0.4) is 0 Å². The molecule has 0 saturated carbocycles. The van der Waals surface area contributed by atoms with Crippen LogP contribution in [-0.2, 0) is 9.59 Å². The molecule has 1 aromatic rings. The quantitative estimate of drug-likeness (QED) is 0.779. The van der Waals surface area contributed by atoms with Crippen molar-refractivity contribution in [2.24, 2.45) is 5.92 Å². The second-order valence-electron chi connectivity index (χ2n) is 5.62. The van der Waals surface area contributed by atoms with Gasteiger partial charge in [-0.25, -0.2) is 0 Å². The fourth-order valence-corrected chi connectivity index (χ4v) is 2.95. The molecule has 1 aliphatic heterocycles. The lowest BCUT2D eigenvalue weighted by Gasteiger charge is -2.24. The number of anilines is 1. The number of carbonyl (C=O) groups excluding carboxylic acids is 2. The third-order valence-corrected chi connectivity index (χ3v) is 4.32. The molecule has 1 aromatic carbocycles. The van der Waals surface area contributed by atoms with Crippen LogP contribution < -0.4 is 10.6 Å². The van der Waals surface area contributed by atoms with Gasteiger partial charge in [0.05, 0.1) is 23.2 Å². The molecule has 1 fully saturated rings. The molecule has 1 saturated heterocycles. The number of hydrogen-bond donors (Lipinski definition) is 2. The number of rotatable bonds is 6. The maximum Gasteiger partial charge on any atom is 0.244 e. The van der Waals surface area contributed by atoms with E-state index in [0.717, 1.165) is 19.4 Å². The van der Waals surface area contributed by atoms with E-state index in [4.69, 9.17) is 23.2 Å². The van der Waals surface area contributed by atoms with Crippen molar-refractivity contribution in [1.29, 1.82) is 0 Å². The summed E-state index contributed by atoms with van der Waals surface area (Å²) in [7, 11) is 0. The summed E-state index contributed by atoms with van der Waals surface area (Å²) in [6.45, 7) is 4.10. The lowest BCUT2D eigenvalue weighted by atomic mass is 10.1. The van der Waals surface area contributed by atoms with Crippen molar-refractivity contribution in [2.75, 3.05) is 31.5 Å². The normalized spacial score (nSPS) is 16.4. The number of carbonyl (C=O) groups is 2. The first-order valence-corrected chi connectivity index (χ1v) is 8.51. The smallest absolute Gasteiger partial charge is 0.244 e. The van der Waals surface area contributed by atoms with E-state index in [2.05, 4.69) is 10.6 Å². The van der Waals surface area contributed by atoms with E-state index in [1.165, 1.54) is 0 Å². The SMILES string of the molecule is CCCN(CC(=O)Nc1cc(Cl)ccc1Cl)C(=O)C1CCNC1.Cl. The Labute approximate surface area is 158 Å². The molecule has 1 aliphatic rings. The first-order chi connectivity index (χ1) is 11.0. The summed E-state index contributed by atoms with van der Waals surface area (Å²) < 4.78 is 0. The molecule has 24 heavy (non-hydrogen) atoms. The summed E-state index contributed by atoms with van der Waals surface area (Å²) >= 11 is 12.0. The maximum atomic E-state index is 12.5. The first-order valence-electron chi connectivity index (χ1n) is 7.75. The minimum absolute atomic E-state index is 0. The standard InChI is InChI=1S/C16H21Cl2N3O2.ClH/c1-2-7-21(16(23)11-5-6-19-9-11)10-15(22)20-14-8-12(17)3-4-13(14)18;/h3-4,8,11,19H,2,5-7,9-10H2,1H3,(H,20,22);1H. The van der Waals surface area contributed by atoms with Crippen molar-refractivity contribution < 1.29 is 9.59 Å². The van der Waals surface area contributed by atoms with Crippen LogP contribution in [0.4, 0.5) is 5.69 Å². The topological polar surface area (TPSA) is 61.4 Å². The van der Waals surface area contributed by atoms with Gasteiger partial charge in [-0.1, -0.05) is 30.1 Å². The number of nitrogens with one attached hydrogen (secondary N) is 2. The predicted octanol–water partition coefficient (Wildman–Crippen LogP) is 3.20. The summed E-state index contributed by atoms with van der Waals surface area (Å²) in [4.78, 5) is 26.4. The Morgan fingerprint density at radius 1 is 1.38 bits per heavy atom. The summed E-state index contributed by atoms with van der Waals surface area (Å²) in [6.07, 6.45) is 1.62. The lowest BCUT2D eigenvalue weighted by molar-refractivity contribution is -0.137. The molecule has 0 bridgehead atoms. The zero-order valence-electron chi connectivity index (χ0n) is 13.5. The van der Waals surface area contributed by atoms with Gasteiger partial charge in [0.25, 0.3) is 0 Å². The van der Waals surface area contributed by atoms with Gasteiger partial charge in [-0.15, -0.1) is 12.4 Å². The fraction of sp³-hybridized carbons (Fsp3) is 0.500. The number of amides is 2. The summed E-state index contributed by atoms with van der Waals surface area (Å²) in [5.41, 5.74) is 0.454. The van der Waals surface area contributed by atoms with Crippen LogP contribution >= 0.6 is 35.6 Å². The minimum atomic E-state index is -0.276. The van der Waals surface area contributed by atoms with Crippen LogP contribution in [0, 0.1) is 5.92 Å². The second kappa shape index (κ2) is 10.1. The van der Waals surface area contributed by atoms with Crippen LogP contribution in [0.2, 0.25) is 10.0 Å². The highest BCUT2D eigenvalue weighted by molar-refractivity contribution is 6.35. The Balaban J connectivity index is 0.00000288. The molecule has 0 radical (unpaired) electrons. The van der Waals surface area contributed by atoms with Gasteiger partial charge in [0.1, 0.15) is 0 Å². The Morgan fingerprint density at radius 3 is 2.75 bits per heavy atom. The summed E-state index contributed by atoms with van der Waals surface area (Å²) in [6, 6.07) is 4.87. The Morgan fingerprint density at radius 2 is 2.12 bits per heavy atom. The Hall–Kier alpha value is -1.01. The van der Waals surface area contributed by atoms with E-state index in [-0.39, 0.29) is 36.7 Å². The van der Waals surface area contributed by atoms with Crippen molar-refractivity contribution >= 4 is 53.1 Å². The molecule has 1 heterocycles. The molecule has 1 atom stereocenters. The zero-order valence-corrected chi connectivity index (χ0v) is 15.8.